The van der Waals surface area contributed by atoms with Crippen molar-refractivity contribution < 1.29 is 14.7 Å². The molecule has 0 aromatic heterocycles. The minimum absolute atomic E-state index is 0.0431. The van der Waals surface area contributed by atoms with E-state index >= 15 is 0 Å². The molecule has 0 radical (unpaired) electrons. The van der Waals surface area contributed by atoms with E-state index in [4.69, 9.17) is 5.11 Å². The van der Waals surface area contributed by atoms with Crippen LogP contribution in [-0.2, 0) is 9.59 Å². The highest BCUT2D eigenvalue weighted by Gasteiger charge is 2.14. The number of carbonyl (C=O) groups excluding carboxylic acids is 2. The van der Waals surface area contributed by atoms with Gasteiger partial charge in [0.15, 0.2) is 0 Å². The first-order valence-electron chi connectivity index (χ1n) is 4.62. The maximum atomic E-state index is 11.2. The van der Waals surface area contributed by atoms with Crippen LogP contribution in [0, 0.1) is 5.92 Å². The van der Waals surface area contributed by atoms with Gasteiger partial charge in [0, 0.05) is 6.92 Å². The Bertz CT molecular complexity index is 204. The van der Waals surface area contributed by atoms with Gasteiger partial charge >= 0.3 is 0 Å². The molecule has 0 saturated heterocycles. The highest BCUT2D eigenvalue weighted by Crippen LogP contribution is 1.99. The maximum Gasteiger partial charge on any atom is 0.239 e. The average molecular weight is 202 g/mol. The maximum absolute atomic E-state index is 11.2. The molecule has 0 aliphatic heterocycles. The Morgan fingerprint density at radius 3 is 2.29 bits per heavy atom. The van der Waals surface area contributed by atoms with Gasteiger partial charge < -0.3 is 15.7 Å². The summed E-state index contributed by atoms with van der Waals surface area (Å²) in [6, 6.07) is -0.253. The summed E-state index contributed by atoms with van der Waals surface area (Å²) in [5, 5.41) is 13.9. The van der Waals surface area contributed by atoms with Gasteiger partial charge in [0.1, 0.15) is 0 Å². The Morgan fingerprint density at radius 1 is 1.36 bits per heavy atom. The minimum Gasteiger partial charge on any atom is -0.394 e. The van der Waals surface area contributed by atoms with E-state index in [9.17, 15) is 9.59 Å². The molecule has 5 nitrogen and oxygen atoms in total. The number of amides is 2. The van der Waals surface area contributed by atoms with Crippen molar-refractivity contribution in [2.45, 2.75) is 26.8 Å². The van der Waals surface area contributed by atoms with Gasteiger partial charge in [-0.15, -0.1) is 0 Å². The molecule has 0 spiro atoms. The molecule has 14 heavy (non-hydrogen) atoms. The van der Waals surface area contributed by atoms with E-state index in [1.54, 1.807) is 0 Å². The number of carbonyl (C=O) groups is 2. The number of aliphatic hydroxyl groups is 1. The second-order valence-corrected chi connectivity index (χ2v) is 3.51. The lowest BCUT2D eigenvalue weighted by Gasteiger charge is -2.19. The van der Waals surface area contributed by atoms with Crippen LogP contribution in [0.1, 0.15) is 20.8 Å². The number of nitrogens with one attached hydrogen (secondary N) is 2. The van der Waals surface area contributed by atoms with Crippen molar-refractivity contribution in [3.05, 3.63) is 0 Å². The van der Waals surface area contributed by atoms with E-state index in [1.807, 2.05) is 13.8 Å². The fourth-order valence-corrected chi connectivity index (χ4v) is 0.886. The molecule has 2 amide bonds. The molecule has 0 aromatic carbocycles. The molecule has 0 aromatic rings. The van der Waals surface area contributed by atoms with E-state index in [1.165, 1.54) is 6.92 Å². The van der Waals surface area contributed by atoms with Crippen LogP contribution in [0.5, 0.6) is 0 Å². The number of hydrogen-bond donors (Lipinski definition) is 3. The van der Waals surface area contributed by atoms with Crippen LogP contribution < -0.4 is 10.6 Å². The molecule has 0 heterocycles. The van der Waals surface area contributed by atoms with Crippen LogP contribution >= 0.6 is 0 Å². The fourth-order valence-electron chi connectivity index (χ4n) is 0.886. The van der Waals surface area contributed by atoms with Crippen LogP contribution in [0.3, 0.4) is 0 Å². The molecule has 1 atom stereocenters. The molecular formula is C9H18N2O3. The molecule has 0 fully saturated rings. The first-order chi connectivity index (χ1) is 6.47. The van der Waals surface area contributed by atoms with E-state index in [-0.39, 0.29) is 36.9 Å². The third-order valence-electron chi connectivity index (χ3n) is 1.85. The first kappa shape index (κ1) is 12.9. The predicted molar refractivity (Wildman–Crippen MR) is 52.5 cm³/mol. The SMILES string of the molecule is CC(=O)NCC(=O)NC(CO)C(C)C. The topological polar surface area (TPSA) is 78.4 Å². The predicted octanol–water partition coefficient (Wildman–Crippen LogP) is -0.744. The van der Waals surface area contributed by atoms with Gasteiger partial charge in [-0.3, -0.25) is 9.59 Å². The van der Waals surface area contributed by atoms with Gasteiger partial charge in [-0.25, -0.2) is 0 Å². The third kappa shape index (κ3) is 5.53. The second kappa shape index (κ2) is 6.37. The van der Waals surface area contributed by atoms with E-state index in [0.29, 0.717) is 0 Å². The fraction of sp³-hybridized carbons (Fsp3) is 0.778. The monoisotopic (exact) mass is 202 g/mol. The summed E-state index contributed by atoms with van der Waals surface area (Å²) in [6.45, 7) is 5.01. The lowest BCUT2D eigenvalue weighted by molar-refractivity contribution is -0.125. The summed E-state index contributed by atoms with van der Waals surface area (Å²) in [5.41, 5.74) is 0. The summed E-state index contributed by atoms with van der Waals surface area (Å²) in [7, 11) is 0. The molecule has 0 aliphatic rings. The molecule has 3 N–H and O–H groups in total. The quantitative estimate of drug-likeness (QED) is 0.549. The highest BCUT2D eigenvalue weighted by atomic mass is 16.3. The summed E-state index contributed by atoms with van der Waals surface area (Å²) >= 11 is 0. The van der Waals surface area contributed by atoms with Gasteiger partial charge in [0.05, 0.1) is 19.2 Å². The number of hydrogen-bond acceptors (Lipinski definition) is 3. The normalized spacial score (nSPS) is 12.4. The lowest BCUT2D eigenvalue weighted by atomic mass is 10.1. The van der Waals surface area contributed by atoms with Crippen LogP contribution in [0.25, 0.3) is 0 Å². The Labute approximate surface area is 83.9 Å². The van der Waals surface area contributed by atoms with Gasteiger partial charge in [0.25, 0.3) is 0 Å². The Morgan fingerprint density at radius 2 is 1.93 bits per heavy atom. The Balaban J connectivity index is 3.85. The number of aliphatic hydroxyl groups excluding tert-OH is 1. The van der Waals surface area contributed by atoms with Crippen molar-refractivity contribution in [2.75, 3.05) is 13.2 Å². The highest BCUT2D eigenvalue weighted by molar-refractivity contribution is 5.83. The van der Waals surface area contributed by atoms with Gasteiger partial charge in [-0.2, -0.15) is 0 Å². The summed E-state index contributed by atoms with van der Waals surface area (Å²) in [6.07, 6.45) is 0. The van der Waals surface area contributed by atoms with E-state index < -0.39 is 0 Å². The van der Waals surface area contributed by atoms with Gasteiger partial charge in [-0.05, 0) is 5.92 Å². The molecule has 82 valence electrons. The zero-order valence-corrected chi connectivity index (χ0v) is 8.83. The van der Waals surface area contributed by atoms with Crippen molar-refractivity contribution in [1.29, 1.82) is 0 Å². The molecule has 0 rings (SSSR count). The average Bonchev–Trinajstić information content (AvgIpc) is 2.10. The molecular weight excluding hydrogens is 184 g/mol. The zero-order valence-electron chi connectivity index (χ0n) is 8.83. The van der Waals surface area contributed by atoms with Crippen molar-refractivity contribution in [3.63, 3.8) is 0 Å². The van der Waals surface area contributed by atoms with Crippen LogP contribution in [-0.4, -0.2) is 36.1 Å². The van der Waals surface area contributed by atoms with E-state index in [2.05, 4.69) is 10.6 Å². The minimum atomic E-state index is -0.284. The van der Waals surface area contributed by atoms with Crippen LogP contribution in [0.15, 0.2) is 0 Å². The smallest absolute Gasteiger partial charge is 0.239 e. The van der Waals surface area contributed by atoms with Crippen molar-refractivity contribution >= 4 is 11.8 Å². The van der Waals surface area contributed by atoms with Crippen LogP contribution in [0.2, 0.25) is 0 Å². The van der Waals surface area contributed by atoms with E-state index in [0.717, 1.165) is 0 Å². The second-order valence-electron chi connectivity index (χ2n) is 3.51. The number of rotatable bonds is 5. The summed E-state index contributed by atoms with van der Waals surface area (Å²) in [4.78, 5) is 21.7. The Hall–Kier alpha value is -1.10. The third-order valence-corrected chi connectivity index (χ3v) is 1.85. The lowest BCUT2D eigenvalue weighted by Crippen LogP contribution is -2.45. The summed E-state index contributed by atoms with van der Waals surface area (Å²) in [5.74, 6) is -0.362. The molecule has 0 saturated carbocycles. The molecule has 5 heteroatoms. The van der Waals surface area contributed by atoms with Gasteiger partial charge in [-0.1, -0.05) is 13.8 Å². The summed E-state index contributed by atoms with van der Waals surface area (Å²) < 4.78 is 0. The van der Waals surface area contributed by atoms with Gasteiger partial charge in [0.2, 0.25) is 11.8 Å². The van der Waals surface area contributed by atoms with Crippen molar-refractivity contribution in [2.24, 2.45) is 5.92 Å². The standard InChI is InChI=1S/C9H18N2O3/c1-6(2)8(5-12)11-9(14)4-10-7(3)13/h6,8,12H,4-5H2,1-3H3,(H,10,13)(H,11,14). The molecule has 1 unspecified atom stereocenters. The molecule has 0 bridgehead atoms. The zero-order chi connectivity index (χ0) is 11.1. The van der Waals surface area contributed by atoms with Crippen LogP contribution in [0.4, 0.5) is 0 Å². The molecule has 0 aliphatic carbocycles. The van der Waals surface area contributed by atoms with Crippen molar-refractivity contribution in [3.8, 4) is 0 Å². The first-order valence-corrected chi connectivity index (χ1v) is 4.62. The largest absolute Gasteiger partial charge is 0.394 e. The Kier molecular flexibility index (Phi) is 5.87. The van der Waals surface area contributed by atoms with Crippen molar-refractivity contribution in [1.82, 2.24) is 10.6 Å².